The lowest BCUT2D eigenvalue weighted by molar-refractivity contribution is 0.0691. The normalized spacial score (nSPS) is 10.0. The summed E-state index contributed by atoms with van der Waals surface area (Å²) in [5.74, 6) is -2.53. The fourth-order valence-electron chi connectivity index (χ4n) is 1.08. The van der Waals surface area contributed by atoms with E-state index in [1.54, 1.807) is 6.92 Å². The number of hydrogen-bond donors (Lipinski definition) is 1. The predicted molar refractivity (Wildman–Crippen MR) is 49.7 cm³/mol. The van der Waals surface area contributed by atoms with E-state index >= 15 is 0 Å². The zero-order valence-electron chi connectivity index (χ0n) is 7.60. The lowest BCUT2D eigenvalue weighted by Crippen LogP contribution is -2.04. The average molecular weight is 219 g/mol. The van der Waals surface area contributed by atoms with Crippen molar-refractivity contribution in [3.63, 3.8) is 0 Å². The van der Waals surface area contributed by atoms with Crippen LogP contribution in [0.5, 0.6) is 5.75 Å². The molecule has 1 N–H and O–H groups in total. The number of methoxy groups -OCH3 is 1. The highest BCUT2D eigenvalue weighted by atomic mass is 35.5. The molecule has 76 valence electrons. The van der Waals surface area contributed by atoms with Crippen LogP contribution in [0, 0.1) is 12.7 Å². The highest BCUT2D eigenvalue weighted by Gasteiger charge is 2.19. The molecular weight excluding hydrogens is 211 g/mol. The van der Waals surface area contributed by atoms with E-state index in [4.69, 9.17) is 16.7 Å². The van der Waals surface area contributed by atoms with Crippen LogP contribution < -0.4 is 4.74 Å². The number of aromatic carboxylic acids is 1. The van der Waals surface area contributed by atoms with E-state index < -0.39 is 17.3 Å². The van der Waals surface area contributed by atoms with E-state index in [0.29, 0.717) is 5.56 Å². The van der Waals surface area contributed by atoms with E-state index in [-0.39, 0.29) is 10.8 Å². The molecule has 0 saturated heterocycles. The molecule has 0 bridgehead atoms. The Balaban J connectivity index is 3.50. The number of carboxylic acid groups (broad SMARTS) is 1. The highest BCUT2D eigenvalue weighted by molar-refractivity contribution is 6.33. The van der Waals surface area contributed by atoms with Crippen LogP contribution in [-0.4, -0.2) is 18.2 Å². The molecule has 14 heavy (non-hydrogen) atoms. The van der Waals surface area contributed by atoms with Gasteiger partial charge in [0.15, 0.2) is 11.6 Å². The van der Waals surface area contributed by atoms with Crippen molar-refractivity contribution in [1.82, 2.24) is 0 Å². The second kappa shape index (κ2) is 3.84. The first-order valence-corrected chi connectivity index (χ1v) is 4.12. The highest BCUT2D eigenvalue weighted by Crippen LogP contribution is 2.32. The lowest BCUT2D eigenvalue weighted by atomic mass is 10.1. The molecule has 5 heteroatoms. The summed E-state index contributed by atoms with van der Waals surface area (Å²) in [5, 5.41) is 8.75. The molecule has 0 amide bonds. The van der Waals surface area contributed by atoms with Gasteiger partial charge in [-0.3, -0.25) is 0 Å². The summed E-state index contributed by atoms with van der Waals surface area (Å²) < 4.78 is 18.1. The van der Waals surface area contributed by atoms with E-state index in [1.807, 2.05) is 0 Å². The molecule has 0 aliphatic carbocycles. The maximum Gasteiger partial charge on any atom is 0.338 e. The van der Waals surface area contributed by atoms with Crippen molar-refractivity contribution in [2.75, 3.05) is 7.11 Å². The van der Waals surface area contributed by atoms with Gasteiger partial charge in [0, 0.05) is 0 Å². The molecule has 0 saturated carbocycles. The van der Waals surface area contributed by atoms with Crippen LogP contribution in [0.25, 0.3) is 0 Å². The summed E-state index contributed by atoms with van der Waals surface area (Å²) in [6.45, 7) is 1.58. The Kier molecular flexibility index (Phi) is 2.96. The lowest BCUT2D eigenvalue weighted by Gasteiger charge is -2.09. The molecular formula is C9H8ClFO3. The molecule has 0 unspecified atom stereocenters. The molecule has 0 radical (unpaired) electrons. The molecule has 0 aliphatic heterocycles. The van der Waals surface area contributed by atoms with Gasteiger partial charge in [-0.15, -0.1) is 0 Å². The van der Waals surface area contributed by atoms with E-state index in [9.17, 15) is 9.18 Å². The Hall–Kier alpha value is -1.29. The first kappa shape index (κ1) is 10.8. The fourth-order valence-corrected chi connectivity index (χ4v) is 1.29. The number of aryl methyl sites for hydroxylation is 1. The first-order chi connectivity index (χ1) is 6.49. The molecule has 0 atom stereocenters. The standard InChI is InChI=1S/C9H8ClFO3/c1-4-3-5(9(12)13)7(11)8(14-2)6(4)10/h3H,1-2H3,(H,12,13). The molecule has 0 heterocycles. The van der Waals surface area contributed by atoms with Gasteiger partial charge in [0.05, 0.1) is 17.7 Å². The van der Waals surface area contributed by atoms with Gasteiger partial charge in [-0.25, -0.2) is 9.18 Å². The number of carbonyl (C=O) groups is 1. The second-order valence-corrected chi connectivity index (χ2v) is 3.09. The van der Waals surface area contributed by atoms with Crippen molar-refractivity contribution in [2.24, 2.45) is 0 Å². The van der Waals surface area contributed by atoms with Crippen LogP contribution in [0.15, 0.2) is 6.07 Å². The summed E-state index contributed by atoms with van der Waals surface area (Å²) in [6.07, 6.45) is 0. The SMILES string of the molecule is COc1c(F)c(C(=O)O)cc(C)c1Cl. The Labute approximate surface area is 85.1 Å². The summed E-state index contributed by atoms with van der Waals surface area (Å²) in [4.78, 5) is 10.6. The Morgan fingerprint density at radius 3 is 2.64 bits per heavy atom. The minimum Gasteiger partial charge on any atom is -0.492 e. The fraction of sp³-hybridized carbons (Fsp3) is 0.222. The quantitative estimate of drug-likeness (QED) is 0.830. The molecule has 1 aromatic carbocycles. The van der Waals surface area contributed by atoms with Gasteiger partial charge < -0.3 is 9.84 Å². The van der Waals surface area contributed by atoms with Crippen molar-refractivity contribution < 1.29 is 19.0 Å². The number of ether oxygens (including phenoxy) is 1. The number of rotatable bonds is 2. The predicted octanol–water partition coefficient (Wildman–Crippen LogP) is 2.49. The van der Waals surface area contributed by atoms with E-state index in [0.717, 1.165) is 0 Å². The van der Waals surface area contributed by atoms with Crippen LogP contribution >= 0.6 is 11.6 Å². The third-order valence-corrected chi connectivity index (χ3v) is 2.25. The minimum atomic E-state index is -1.35. The zero-order chi connectivity index (χ0) is 10.9. The van der Waals surface area contributed by atoms with Crippen LogP contribution in [0.1, 0.15) is 15.9 Å². The molecule has 0 aromatic heterocycles. The first-order valence-electron chi connectivity index (χ1n) is 3.75. The van der Waals surface area contributed by atoms with E-state index in [1.165, 1.54) is 13.2 Å². The van der Waals surface area contributed by atoms with Gasteiger partial charge in [0.2, 0.25) is 0 Å². The molecule has 0 spiro atoms. The summed E-state index contributed by atoms with van der Waals surface area (Å²) >= 11 is 5.72. The van der Waals surface area contributed by atoms with Crippen molar-refractivity contribution in [3.05, 3.63) is 28.0 Å². The maximum absolute atomic E-state index is 13.4. The van der Waals surface area contributed by atoms with Gasteiger partial charge in [0.1, 0.15) is 0 Å². The van der Waals surface area contributed by atoms with Crippen molar-refractivity contribution in [3.8, 4) is 5.75 Å². The Morgan fingerprint density at radius 1 is 1.64 bits per heavy atom. The summed E-state index contributed by atoms with van der Waals surface area (Å²) in [7, 11) is 1.23. The molecule has 0 aliphatic rings. The van der Waals surface area contributed by atoms with Crippen LogP contribution in [-0.2, 0) is 0 Å². The van der Waals surface area contributed by atoms with Gasteiger partial charge in [-0.05, 0) is 18.6 Å². The van der Waals surface area contributed by atoms with Gasteiger partial charge in [-0.1, -0.05) is 11.6 Å². The largest absolute Gasteiger partial charge is 0.492 e. The van der Waals surface area contributed by atoms with Crippen molar-refractivity contribution in [1.29, 1.82) is 0 Å². The topological polar surface area (TPSA) is 46.5 Å². The Morgan fingerprint density at radius 2 is 2.21 bits per heavy atom. The molecule has 1 rings (SSSR count). The number of halogens is 2. The zero-order valence-corrected chi connectivity index (χ0v) is 8.35. The summed E-state index contributed by atoms with van der Waals surface area (Å²) in [6, 6.07) is 1.17. The van der Waals surface area contributed by atoms with Gasteiger partial charge in [0.25, 0.3) is 0 Å². The number of benzene rings is 1. The Bertz CT molecular complexity index is 390. The second-order valence-electron chi connectivity index (χ2n) is 2.71. The number of hydrogen-bond acceptors (Lipinski definition) is 2. The third kappa shape index (κ3) is 1.65. The van der Waals surface area contributed by atoms with Crippen LogP contribution in [0.2, 0.25) is 5.02 Å². The molecule has 3 nitrogen and oxygen atoms in total. The maximum atomic E-state index is 13.4. The average Bonchev–Trinajstić information content (AvgIpc) is 2.12. The van der Waals surface area contributed by atoms with Crippen LogP contribution in [0.3, 0.4) is 0 Å². The number of carboxylic acids is 1. The molecule has 1 aromatic rings. The van der Waals surface area contributed by atoms with Crippen molar-refractivity contribution >= 4 is 17.6 Å². The molecule has 0 fully saturated rings. The van der Waals surface area contributed by atoms with Gasteiger partial charge >= 0.3 is 5.97 Å². The van der Waals surface area contributed by atoms with E-state index in [2.05, 4.69) is 4.74 Å². The van der Waals surface area contributed by atoms with Crippen LogP contribution in [0.4, 0.5) is 4.39 Å². The third-order valence-electron chi connectivity index (χ3n) is 1.78. The van der Waals surface area contributed by atoms with Crippen molar-refractivity contribution in [2.45, 2.75) is 6.92 Å². The smallest absolute Gasteiger partial charge is 0.338 e. The monoisotopic (exact) mass is 218 g/mol. The summed E-state index contributed by atoms with van der Waals surface area (Å²) in [5.41, 5.74) is 0.0195. The minimum absolute atomic E-state index is 0.0926. The van der Waals surface area contributed by atoms with Gasteiger partial charge in [-0.2, -0.15) is 0 Å².